The summed E-state index contributed by atoms with van der Waals surface area (Å²) in [6.07, 6.45) is 1.32. The van der Waals surface area contributed by atoms with Crippen molar-refractivity contribution in [1.82, 2.24) is 4.90 Å². The van der Waals surface area contributed by atoms with Gasteiger partial charge in [0.2, 0.25) is 0 Å². The average molecular weight is 289 g/mol. The molecule has 0 bridgehead atoms. The van der Waals surface area contributed by atoms with Crippen molar-refractivity contribution in [2.24, 2.45) is 17.6 Å². The van der Waals surface area contributed by atoms with E-state index in [-0.39, 0.29) is 5.84 Å². The van der Waals surface area contributed by atoms with Crippen LogP contribution in [-0.2, 0) is 0 Å². The Morgan fingerprint density at radius 1 is 1.29 bits per heavy atom. The fourth-order valence-corrected chi connectivity index (χ4v) is 3.14. The fourth-order valence-electron chi connectivity index (χ4n) is 3.14. The molecule has 3 unspecified atom stereocenters. The Balaban J connectivity index is 1.82. The lowest BCUT2D eigenvalue weighted by atomic mass is 9.86. The lowest BCUT2D eigenvalue weighted by molar-refractivity contribution is 0.0665. The molecule has 4 nitrogen and oxygen atoms in total. The predicted molar refractivity (Wildman–Crippen MR) is 86.9 cm³/mol. The Bertz CT molecular complexity index is 471. The number of piperidine rings is 1. The molecular weight excluding hydrogens is 262 g/mol. The van der Waals surface area contributed by atoms with E-state index in [4.69, 9.17) is 15.9 Å². The summed E-state index contributed by atoms with van der Waals surface area (Å²) in [6.45, 7) is 9.81. The molecule has 0 saturated carbocycles. The van der Waals surface area contributed by atoms with E-state index in [1.54, 1.807) is 0 Å². The van der Waals surface area contributed by atoms with Crippen LogP contribution in [0.4, 0.5) is 0 Å². The first-order valence-corrected chi connectivity index (χ1v) is 7.78. The van der Waals surface area contributed by atoms with Crippen molar-refractivity contribution in [2.75, 3.05) is 19.7 Å². The Labute approximate surface area is 127 Å². The molecule has 3 atom stereocenters. The number of likely N-dealkylation sites (tertiary alicyclic amines) is 1. The Morgan fingerprint density at radius 2 is 1.95 bits per heavy atom. The second-order valence-corrected chi connectivity index (χ2v) is 6.34. The number of rotatable bonds is 5. The second-order valence-electron chi connectivity index (χ2n) is 6.34. The van der Waals surface area contributed by atoms with Gasteiger partial charge in [-0.15, -0.1) is 0 Å². The molecule has 0 spiro atoms. The van der Waals surface area contributed by atoms with Gasteiger partial charge in [0.15, 0.2) is 0 Å². The molecular formula is C17H27N3O. The molecule has 21 heavy (non-hydrogen) atoms. The summed E-state index contributed by atoms with van der Waals surface area (Å²) in [7, 11) is 0. The molecule has 0 aromatic heterocycles. The molecule has 2 rings (SSSR count). The maximum atomic E-state index is 7.37. The Morgan fingerprint density at radius 3 is 2.57 bits per heavy atom. The van der Waals surface area contributed by atoms with Crippen LogP contribution in [0.5, 0.6) is 5.75 Å². The van der Waals surface area contributed by atoms with Crippen LogP contribution < -0.4 is 10.5 Å². The zero-order valence-corrected chi connectivity index (χ0v) is 13.3. The summed E-state index contributed by atoms with van der Waals surface area (Å²) >= 11 is 0. The number of benzene rings is 1. The van der Waals surface area contributed by atoms with E-state index in [9.17, 15) is 0 Å². The van der Waals surface area contributed by atoms with Gasteiger partial charge in [0, 0.05) is 24.7 Å². The molecule has 116 valence electrons. The maximum absolute atomic E-state index is 7.37. The van der Waals surface area contributed by atoms with Crippen molar-refractivity contribution in [3.63, 3.8) is 0 Å². The van der Waals surface area contributed by atoms with Gasteiger partial charge in [-0.05, 0) is 49.4 Å². The van der Waals surface area contributed by atoms with Crippen molar-refractivity contribution >= 4 is 5.84 Å². The van der Waals surface area contributed by atoms with Crippen LogP contribution in [0.3, 0.4) is 0 Å². The van der Waals surface area contributed by atoms with Gasteiger partial charge in [-0.2, -0.15) is 0 Å². The Hall–Kier alpha value is -1.55. The molecule has 4 heteroatoms. The lowest BCUT2D eigenvalue weighted by Gasteiger charge is -2.41. The first-order chi connectivity index (χ1) is 9.97. The van der Waals surface area contributed by atoms with E-state index in [1.807, 2.05) is 24.3 Å². The topological polar surface area (TPSA) is 62.3 Å². The molecule has 1 aromatic rings. The van der Waals surface area contributed by atoms with Gasteiger partial charge in [0.1, 0.15) is 18.2 Å². The number of ether oxygens (including phenoxy) is 1. The fraction of sp³-hybridized carbons (Fsp3) is 0.588. The molecule has 1 saturated heterocycles. The van der Waals surface area contributed by atoms with Gasteiger partial charge < -0.3 is 10.5 Å². The molecule has 1 fully saturated rings. The van der Waals surface area contributed by atoms with Gasteiger partial charge in [0.25, 0.3) is 0 Å². The normalized spacial score (nSPS) is 26.5. The van der Waals surface area contributed by atoms with E-state index >= 15 is 0 Å². The quantitative estimate of drug-likeness (QED) is 0.647. The molecule has 1 aromatic carbocycles. The average Bonchev–Trinajstić information content (AvgIpc) is 2.44. The summed E-state index contributed by atoms with van der Waals surface area (Å²) in [5.74, 6) is 2.45. The zero-order chi connectivity index (χ0) is 15.4. The summed E-state index contributed by atoms with van der Waals surface area (Å²) < 4.78 is 5.81. The predicted octanol–water partition coefficient (Wildman–Crippen LogP) is 2.72. The van der Waals surface area contributed by atoms with Gasteiger partial charge in [-0.1, -0.05) is 13.8 Å². The van der Waals surface area contributed by atoms with E-state index in [2.05, 4.69) is 25.7 Å². The standard InChI is InChI=1S/C17H27N3O/c1-12-10-13(2)14(3)20(11-12)8-9-21-16-6-4-15(5-7-16)17(18)19/h4-7,12-14H,8-11H2,1-3H3,(H3,18,19). The van der Waals surface area contributed by atoms with Crippen molar-refractivity contribution in [3.05, 3.63) is 29.8 Å². The first kappa shape index (κ1) is 15.8. The Kier molecular flexibility index (Phi) is 5.23. The van der Waals surface area contributed by atoms with E-state index in [0.717, 1.165) is 36.2 Å². The zero-order valence-electron chi connectivity index (χ0n) is 13.3. The van der Waals surface area contributed by atoms with Crippen molar-refractivity contribution in [3.8, 4) is 5.75 Å². The van der Waals surface area contributed by atoms with Gasteiger partial charge >= 0.3 is 0 Å². The van der Waals surface area contributed by atoms with E-state index in [1.165, 1.54) is 6.42 Å². The van der Waals surface area contributed by atoms with Crippen LogP contribution in [0, 0.1) is 17.2 Å². The van der Waals surface area contributed by atoms with Crippen LogP contribution in [0.2, 0.25) is 0 Å². The highest BCUT2D eigenvalue weighted by Gasteiger charge is 2.28. The largest absolute Gasteiger partial charge is 0.492 e. The van der Waals surface area contributed by atoms with E-state index < -0.39 is 0 Å². The number of nitrogens with one attached hydrogen (secondary N) is 1. The SMILES string of the molecule is CC1CC(C)C(C)N(CCOc2ccc(C(=N)N)cc2)C1. The van der Waals surface area contributed by atoms with Gasteiger partial charge in [0.05, 0.1) is 0 Å². The highest BCUT2D eigenvalue weighted by molar-refractivity contribution is 5.94. The minimum Gasteiger partial charge on any atom is -0.492 e. The summed E-state index contributed by atoms with van der Waals surface area (Å²) in [4.78, 5) is 2.53. The number of nitrogens with zero attached hydrogens (tertiary/aromatic N) is 1. The smallest absolute Gasteiger partial charge is 0.122 e. The monoisotopic (exact) mass is 289 g/mol. The minimum absolute atomic E-state index is 0.0895. The van der Waals surface area contributed by atoms with E-state index in [0.29, 0.717) is 12.6 Å². The van der Waals surface area contributed by atoms with Crippen molar-refractivity contribution in [2.45, 2.75) is 33.2 Å². The molecule has 0 radical (unpaired) electrons. The number of hydrogen-bond donors (Lipinski definition) is 2. The maximum Gasteiger partial charge on any atom is 0.122 e. The summed E-state index contributed by atoms with van der Waals surface area (Å²) in [6, 6.07) is 8.03. The highest BCUT2D eigenvalue weighted by atomic mass is 16.5. The summed E-state index contributed by atoms with van der Waals surface area (Å²) in [5, 5.41) is 7.37. The van der Waals surface area contributed by atoms with Gasteiger partial charge in [-0.25, -0.2) is 0 Å². The molecule has 3 N–H and O–H groups in total. The van der Waals surface area contributed by atoms with Crippen molar-refractivity contribution < 1.29 is 4.74 Å². The third-order valence-electron chi connectivity index (χ3n) is 4.53. The number of hydrogen-bond acceptors (Lipinski definition) is 3. The number of nitrogen functional groups attached to an aromatic ring is 1. The number of nitrogens with two attached hydrogens (primary N) is 1. The number of amidine groups is 1. The minimum atomic E-state index is 0.0895. The summed E-state index contributed by atoms with van der Waals surface area (Å²) in [5.41, 5.74) is 6.17. The lowest BCUT2D eigenvalue weighted by Crippen LogP contribution is -2.47. The second kappa shape index (κ2) is 6.94. The van der Waals surface area contributed by atoms with Crippen LogP contribution in [-0.4, -0.2) is 36.5 Å². The van der Waals surface area contributed by atoms with Crippen molar-refractivity contribution in [1.29, 1.82) is 5.41 Å². The molecule has 1 heterocycles. The molecule has 1 aliphatic rings. The third kappa shape index (κ3) is 4.21. The van der Waals surface area contributed by atoms with Crippen LogP contribution in [0.25, 0.3) is 0 Å². The first-order valence-electron chi connectivity index (χ1n) is 7.78. The van der Waals surface area contributed by atoms with Crippen LogP contribution >= 0.6 is 0 Å². The molecule has 0 aliphatic carbocycles. The third-order valence-corrected chi connectivity index (χ3v) is 4.53. The highest BCUT2D eigenvalue weighted by Crippen LogP contribution is 2.26. The van der Waals surface area contributed by atoms with Crippen LogP contribution in [0.15, 0.2) is 24.3 Å². The molecule has 0 amide bonds. The van der Waals surface area contributed by atoms with Crippen LogP contribution in [0.1, 0.15) is 32.8 Å². The molecule has 1 aliphatic heterocycles. The van der Waals surface area contributed by atoms with Gasteiger partial charge in [-0.3, -0.25) is 10.3 Å².